The van der Waals surface area contributed by atoms with E-state index in [0.717, 1.165) is 10.9 Å². The number of carbonyl (C=O) groups is 2. The Balaban J connectivity index is 1.70. The standard InChI is InChI=1S/C30H30N2O5S/c1-3-37-30(34)29-19-23(33)18-28(32(29)21(2)22-12-6-4-7-13-22)26-20-31(27-17-11-10-16-25(26)27)38(35,36)24-14-8-5-9-15-24/h4-17,20-21,28-29H,3,18-19H2,1-2H3/t21-,28+,29+/m1/s1. The Labute approximate surface area is 222 Å². The van der Waals surface area contributed by atoms with Crippen molar-refractivity contribution in [2.24, 2.45) is 0 Å². The molecule has 0 unspecified atom stereocenters. The van der Waals surface area contributed by atoms with Crippen LogP contribution in [-0.4, -0.2) is 41.7 Å². The first kappa shape index (κ1) is 25.9. The maximum atomic E-state index is 13.7. The Bertz CT molecular complexity index is 1560. The van der Waals surface area contributed by atoms with E-state index in [4.69, 9.17) is 4.74 Å². The highest BCUT2D eigenvalue weighted by atomic mass is 32.2. The van der Waals surface area contributed by atoms with Crippen molar-refractivity contribution in [1.29, 1.82) is 0 Å². The number of hydrogen-bond donors (Lipinski definition) is 0. The molecular weight excluding hydrogens is 500 g/mol. The number of rotatable bonds is 7. The molecule has 0 aliphatic carbocycles. The van der Waals surface area contributed by atoms with E-state index in [1.54, 1.807) is 55.6 Å². The molecule has 5 rings (SSSR count). The van der Waals surface area contributed by atoms with Crippen LogP contribution in [0, 0.1) is 0 Å². The molecule has 2 heterocycles. The monoisotopic (exact) mass is 530 g/mol. The lowest BCUT2D eigenvalue weighted by molar-refractivity contribution is -0.157. The Morgan fingerprint density at radius 3 is 2.26 bits per heavy atom. The van der Waals surface area contributed by atoms with Crippen molar-refractivity contribution in [2.45, 2.75) is 49.7 Å². The van der Waals surface area contributed by atoms with Gasteiger partial charge in [0.1, 0.15) is 11.8 Å². The smallest absolute Gasteiger partial charge is 0.323 e. The highest BCUT2D eigenvalue weighted by Gasteiger charge is 2.44. The third-order valence-corrected chi connectivity index (χ3v) is 8.91. The van der Waals surface area contributed by atoms with E-state index < -0.39 is 28.1 Å². The fraction of sp³-hybridized carbons (Fsp3) is 0.267. The molecular formula is C30H30N2O5S. The number of Topliss-reactive ketones (excluding diaryl/α,β-unsaturated/α-hetero) is 1. The molecule has 0 bridgehead atoms. The summed E-state index contributed by atoms with van der Waals surface area (Å²) < 4.78 is 34.1. The Kier molecular flexibility index (Phi) is 7.19. The Morgan fingerprint density at radius 2 is 1.58 bits per heavy atom. The van der Waals surface area contributed by atoms with Crippen molar-refractivity contribution in [3.8, 4) is 0 Å². The lowest BCUT2D eigenvalue weighted by Gasteiger charge is -2.44. The van der Waals surface area contributed by atoms with Crippen LogP contribution in [0.15, 0.2) is 96.0 Å². The SMILES string of the molecule is CCOC(=O)[C@@H]1CC(=O)C[C@@H](c2cn(S(=O)(=O)c3ccccc3)c3ccccc23)N1[C@H](C)c1ccccc1. The zero-order chi connectivity index (χ0) is 26.9. The van der Waals surface area contributed by atoms with Gasteiger partial charge in [0.05, 0.1) is 17.0 Å². The van der Waals surface area contributed by atoms with E-state index >= 15 is 0 Å². The van der Waals surface area contributed by atoms with Crippen molar-refractivity contribution in [3.05, 3.63) is 102 Å². The second-order valence-electron chi connectivity index (χ2n) is 9.48. The first-order valence-corrected chi connectivity index (χ1v) is 14.2. The first-order valence-electron chi connectivity index (χ1n) is 12.7. The number of aromatic nitrogens is 1. The number of nitrogens with zero attached hydrogens (tertiary/aromatic N) is 2. The predicted molar refractivity (Wildman–Crippen MR) is 145 cm³/mol. The number of likely N-dealkylation sites (tertiary alicyclic amines) is 1. The van der Waals surface area contributed by atoms with Crippen molar-refractivity contribution < 1.29 is 22.7 Å². The highest BCUT2D eigenvalue weighted by molar-refractivity contribution is 7.90. The first-order chi connectivity index (χ1) is 18.3. The molecule has 0 radical (unpaired) electrons. The van der Waals surface area contributed by atoms with Crippen LogP contribution in [0.1, 0.15) is 49.9 Å². The molecule has 1 fully saturated rings. The summed E-state index contributed by atoms with van der Waals surface area (Å²) in [4.78, 5) is 28.4. The second-order valence-corrected chi connectivity index (χ2v) is 11.3. The van der Waals surface area contributed by atoms with Crippen LogP contribution in [0.2, 0.25) is 0 Å². The normalized spacial score (nSPS) is 19.4. The average Bonchev–Trinajstić information content (AvgIpc) is 3.34. The maximum Gasteiger partial charge on any atom is 0.323 e. The van der Waals surface area contributed by atoms with Crippen LogP contribution in [0.3, 0.4) is 0 Å². The van der Waals surface area contributed by atoms with Crippen LogP contribution < -0.4 is 0 Å². The van der Waals surface area contributed by atoms with E-state index in [2.05, 4.69) is 0 Å². The van der Waals surface area contributed by atoms with Gasteiger partial charge in [-0.15, -0.1) is 0 Å². The van der Waals surface area contributed by atoms with Crippen LogP contribution >= 0.6 is 0 Å². The van der Waals surface area contributed by atoms with Gasteiger partial charge < -0.3 is 4.74 Å². The van der Waals surface area contributed by atoms with E-state index in [1.165, 1.54) is 3.97 Å². The van der Waals surface area contributed by atoms with E-state index in [9.17, 15) is 18.0 Å². The number of benzene rings is 3. The summed E-state index contributed by atoms with van der Waals surface area (Å²) in [7, 11) is -3.90. The number of esters is 1. The summed E-state index contributed by atoms with van der Waals surface area (Å²) in [6.45, 7) is 3.95. The summed E-state index contributed by atoms with van der Waals surface area (Å²) in [5.74, 6) is -0.513. The topological polar surface area (TPSA) is 85.7 Å². The van der Waals surface area contributed by atoms with E-state index in [1.807, 2.05) is 54.3 Å². The lowest BCUT2D eigenvalue weighted by Crippen LogP contribution is -2.50. The molecule has 4 aromatic rings. The number of ketones is 1. The fourth-order valence-corrected chi connectivity index (χ4v) is 6.84. The van der Waals surface area contributed by atoms with Crippen LogP contribution in [0.25, 0.3) is 10.9 Å². The summed E-state index contributed by atoms with van der Waals surface area (Å²) in [5, 5.41) is 0.722. The molecule has 3 aromatic carbocycles. The molecule has 0 spiro atoms. The minimum Gasteiger partial charge on any atom is -0.465 e. The van der Waals surface area contributed by atoms with Crippen LogP contribution in [-0.2, 0) is 24.3 Å². The van der Waals surface area contributed by atoms with Crippen LogP contribution in [0.4, 0.5) is 0 Å². The van der Waals surface area contributed by atoms with Gasteiger partial charge in [0, 0.05) is 36.5 Å². The van der Waals surface area contributed by atoms with Gasteiger partial charge >= 0.3 is 5.97 Å². The molecule has 3 atom stereocenters. The predicted octanol–water partition coefficient (Wildman–Crippen LogP) is 5.28. The van der Waals surface area contributed by atoms with Crippen LogP contribution in [0.5, 0.6) is 0 Å². The van der Waals surface area contributed by atoms with Gasteiger partial charge in [-0.1, -0.05) is 66.7 Å². The minimum absolute atomic E-state index is 0.0491. The Morgan fingerprint density at radius 1 is 0.947 bits per heavy atom. The molecule has 8 heteroatoms. The van der Waals surface area contributed by atoms with Crippen molar-refractivity contribution in [1.82, 2.24) is 8.87 Å². The second kappa shape index (κ2) is 10.6. The average molecular weight is 531 g/mol. The Hall–Kier alpha value is -3.75. The third kappa shape index (κ3) is 4.66. The van der Waals surface area contributed by atoms with E-state index in [-0.39, 0.29) is 36.2 Å². The highest BCUT2D eigenvalue weighted by Crippen LogP contribution is 2.43. The van der Waals surface area contributed by atoms with Crippen molar-refractivity contribution in [3.63, 3.8) is 0 Å². The lowest BCUT2D eigenvalue weighted by atomic mass is 9.87. The molecule has 38 heavy (non-hydrogen) atoms. The quantitative estimate of drug-likeness (QED) is 0.302. The summed E-state index contributed by atoms with van der Waals surface area (Å²) in [6, 6.07) is 23.8. The summed E-state index contributed by atoms with van der Waals surface area (Å²) in [6.07, 6.45) is 1.82. The minimum atomic E-state index is -3.90. The molecule has 196 valence electrons. The number of carbonyl (C=O) groups excluding carboxylic acids is 2. The zero-order valence-electron chi connectivity index (χ0n) is 21.4. The number of hydrogen-bond acceptors (Lipinski definition) is 6. The van der Waals surface area contributed by atoms with Gasteiger partial charge in [0.25, 0.3) is 10.0 Å². The molecule has 1 saturated heterocycles. The summed E-state index contributed by atoms with van der Waals surface area (Å²) in [5.41, 5.74) is 2.19. The number of ether oxygens (including phenoxy) is 1. The molecule has 1 aliphatic heterocycles. The molecule has 0 amide bonds. The van der Waals surface area contributed by atoms with Gasteiger partial charge in [-0.2, -0.15) is 0 Å². The largest absolute Gasteiger partial charge is 0.465 e. The molecule has 7 nitrogen and oxygen atoms in total. The zero-order valence-corrected chi connectivity index (χ0v) is 22.2. The third-order valence-electron chi connectivity index (χ3n) is 7.22. The maximum absolute atomic E-state index is 13.7. The van der Waals surface area contributed by atoms with Gasteiger partial charge in [-0.05, 0) is 43.2 Å². The molecule has 0 N–H and O–H groups in total. The molecule has 0 saturated carbocycles. The number of fused-ring (bicyclic) bond motifs is 1. The molecule has 1 aliphatic rings. The van der Waals surface area contributed by atoms with Gasteiger partial charge in [-0.25, -0.2) is 12.4 Å². The van der Waals surface area contributed by atoms with Crippen molar-refractivity contribution >= 4 is 32.7 Å². The van der Waals surface area contributed by atoms with Gasteiger partial charge in [0.15, 0.2) is 0 Å². The fourth-order valence-electron chi connectivity index (χ4n) is 5.45. The van der Waals surface area contributed by atoms with Gasteiger partial charge in [0.2, 0.25) is 0 Å². The number of para-hydroxylation sites is 1. The van der Waals surface area contributed by atoms with Crippen molar-refractivity contribution in [2.75, 3.05) is 6.61 Å². The summed E-state index contributed by atoms with van der Waals surface area (Å²) >= 11 is 0. The molecule has 1 aromatic heterocycles. The van der Waals surface area contributed by atoms with E-state index in [0.29, 0.717) is 11.1 Å². The number of piperidine rings is 1. The van der Waals surface area contributed by atoms with Gasteiger partial charge in [-0.3, -0.25) is 14.5 Å².